The molecular formula is C20H25ClN2O4. The van der Waals surface area contributed by atoms with Crippen molar-refractivity contribution in [3.63, 3.8) is 0 Å². The summed E-state index contributed by atoms with van der Waals surface area (Å²) in [6.45, 7) is 1.39. The van der Waals surface area contributed by atoms with Crippen molar-refractivity contribution in [2.24, 2.45) is 5.41 Å². The van der Waals surface area contributed by atoms with E-state index in [1.165, 1.54) is 18.9 Å². The zero-order valence-corrected chi connectivity index (χ0v) is 16.0. The Labute approximate surface area is 163 Å². The molecule has 1 atom stereocenters. The fourth-order valence-corrected chi connectivity index (χ4v) is 4.46. The molecule has 1 heterocycles. The number of carbonyl (C=O) groups excluding carboxylic acids is 2. The Morgan fingerprint density at radius 2 is 1.96 bits per heavy atom. The number of likely N-dealkylation sites (tertiary alicyclic amines) is 1. The number of nitrogens with zero attached hydrogens (tertiary/aromatic N) is 1. The molecule has 1 spiro atoms. The molecule has 0 radical (unpaired) electrons. The SMILES string of the molecule is O=C(O)CC[C@H](NC(=O)c1cccc(Cl)c1)C(=O)N1CCC2(CCCC2)C1. The molecule has 0 unspecified atom stereocenters. The third-order valence-electron chi connectivity index (χ3n) is 5.75. The molecule has 1 aromatic carbocycles. The summed E-state index contributed by atoms with van der Waals surface area (Å²) in [4.78, 5) is 38.4. The van der Waals surface area contributed by atoms with Crippen molar-refractivity contribution in [1.82, 2.24) is 10.2 Å². The molecule has 0 bridgehead atoms. The van der Waals surface area contributed by atoms with Gasteiger partial charge in [0.1, 0.15) is 6.04 Å². The first-order valence-corrected chi connectivity index (χ1v) is 9.83. The summed E-state index contributed by atoms with van der Waals surface area (Å²) in [6, 6.07) is 5.62. The van der Waals surface area contributed by atoms with Gasteiger partial charge in [-0.05, 0) is 49.3 Å². The van der Waals surface area contributed by atoms with Crippen LogP contribution in [0.25, 0.3) is 0 Å². The number of hydrogen-bond donors (Lipinski definition) is 2. The lowest BCUT2D eigenvalue weighted by atomic mass is 9.86. The van der Waals surface area contributed by atoms with E-state index in [-0.39, 0.29) is 24.2 Å². The van der Waals surface area contributed by atoms with Gasteiger partial charge >= 0.3 is 5.97 Å². The second-order valence-electron chi connectivity index (χ2n) is 7.69. The van der Waals surface area contributed by atoms with E-state index in [9.17, 15) is 14.4 Å². The summed E-state index contributed by atoms with van der Waals surface area (Å²) in [5, 5.41) is 12.2. The summed E-state index contributed by atoms with van der Waals surface area (Å²) >= 11 is 5.93. The molecule has 2 fully saturated rings. The number of aliphatic carboxylic acids is 1. The van der Waals surface area contributed by atoms with Crippen LogP contribution in [0.2, 0.25) is 5.02 Å². The van der Waals surface area contributed by atoms with E-state index in [0.717, 1.165) is 19.3 Å². The fraction of sp³-hybridized carbons (Fsp3) is 0.550. The normalized spacial score (nSPS) is 19.2. The van der Waals surface area contributed by atoms with Crippen LogP contribution in [0.4, 0.5) is 0 Å². The van der Waals surface area contributed by atoms with Gasteiger partial charge in [-0.2, -0.15) is 0 Å². The molecule has 27 heavy (non-hydrogen) atoms. The van der Waals surface area contributed by atoms with Crippen molar-refractivity contribution in [2.45, 2.75) is 51.0 Å². The van der Waals surface area contributed by atoms with Crippen molar-refractivity contribution in [1.29, 1.82) is 0 Å². The maximum Gasteiger partial charge on any atom is 0.303 e. The van der Waals surface area contributed by atoms with Gasteiger partial charge in [0, 0.05) is 30.1 Å². The summed E-state index contributed by atoms with van der Waals surface area (Å²) in [7, 11) is 0. The van der Waals surface area contributed by atoms with Crippen molar-refractivity contribution in [2.75, 3.05) is 13.1 Å². The number of carbonyl (C=O) groups is 3. The second-order valence-corrected chi connectivity index (χ2v) is 8.12. The molecule has 1 aliphatic heterocycles. The highest BCUT2D eigenvalue weighted by Gasteiger charge is 2.43. The average Bonchev–Trinajstić information content (AvgIpc) is 3.28. The smallest absolute Gasteiger partial charge is 0.303 e. The molecule has 1 saturated heterocycles. The monoisotopic (exact) mass is 392 g/mol. The molecule has 1 aromatic rings. The van der Waals surface area contributed by atoms with Crippen LogP contribution in [-0.4, -0.2) is 46.9 Å². The number of halogens is 1. The Balaban J connectivity index is 1.69. The van der Waals surface area contributed by atoms with Gasteiger partial charge in [-0.3, -0.25) is 14.4 Å². The highest BCUT2D eigenvalue weighted by Crippen LogP contribution is 2.45. The van der Waals surface area contributed by atoms with Crippen molar-refractivity contribution in [3.05, 3.63) is 34.9 Å². The Morgan fingerprint density at radius 3 is 2.63 bits per heavy atom. The Morgan fingerprint density at radius 1 is 1.22 bits per heavy atom. The van der Waals surface area contributed by atoms with Gasteiger partial charge in [0.05, 0.1) is 0 Å². The van der Waals surface area contributed by atoms with Crippen LogP contribution in [0, 0.1) is 5.41 Å². The molecule has 3 rings (SSSR count). The van der Waals surface area contributed by atoms with E-state index in [1.54, 1.807) is 23.1 Å². The highest BCUT2D eigenvalue weighted by molar-refractivity contribution is 6.31. The van der Waals surface area contributed by atoms with E-state index in [4.69, 9.17) is 16.7 Å². The number of amides is 2. The van der Waals surface area contributed by atoms with E-state index >= 15 is 0 Å². The lowest BCUT2D eigenvalue weighted by Gasteiger charge is -2.27. The van der Waals surface area contributed by atoms with Crippen LogP contribution in [0.15, 0.2) is 24.3 Å². The summed E-state index contributed by atoms with van der Waals surface area (Å²) < 4.78 is 0. The predicted octanol–water partition coefficient (Wildman–Crippen LogP) is 3.10. The number of carboxylic acid groups (broad SMARTS) is 1. The highest BCUT2D eigenvalue weighted by atomic mass is 35.5. The van der Waals surface area contributed by atoms with Crippen molar-refractivity contribution >= 4 is 29.4 Å². The molecule has 2 N–H and O–H groups in total. The van der Waals surface area contributed by atoms with Crippen LogP contribution < -0.4 is 5.32 Å². The number of benzene rings is 1. The van der Waals surface area contributed by atoms with Gasteiger partial charge in [0.2, 0.25) is 5.91 Å². The number of hydrogen-bond acceptors (Lipinski definition) is 3. The molecule has 1 saturated carbocycles. The Kier molecular flexibility index (Phi) is 6.05. The maximum atomic E-state index is 13.0. The van der Waals surface area contributed by atoms with Crippen LogP contribution in [0.1, 0.15) is 55.3 Å². The van der Waals surface area contributed by atoms with E-state index < -0.39 is 17.9 Å². The van der Waals surface area contributed by atoms with E-state index in [0.29, 0.717) is 23.7 Å². The summed E-state index contributed by atoms with van der Waals surface area (Å²) in [6.07, 6.45) is 5.59. The summed E-state index contributed by atoms with van der Waals surface area (Å²) in [5.74, 6) is -1.59. The zero-order chi connectivity index (χ0) is 19.4. The third-order valence-corrected chi connectivity index (χ3v) is 5.99. The quantitative estimate of drug-likeness (QED) is 0.778. The minimum atomic E-state index is -0.988. The Hall–Kier alpha value is -2.08. The second kappa shape index (κ2) is 8.30. The molecule has 2 aliphatic rings. The molecule has 0 aromatic heterocycles. The van der Waals surface area contributed by atoms with Gasteiger partial charge < -0.3 is 15.3 Å². The first-order chi connectivity index (χ1) is 12.9. The average molecular weight is 393 g/mol. The van der Waals surface area contributed by atoms with E-state index in [1.807, 2.05) is 0 Å². The molecule has 146 valence electrons. The first kappa shape index (κ1) is 19.7. The summed E-state index contributed by atoms with van der Waals surface area (Å²) in [5.41, 5.74) is 0.577. The third kappa shape index (κ3) is 4.80. The first-order valence-electron chi connectivity index (χ1n) is 9.46. The van der Waals surface area contributed by atoms with Crippen LogP contribution in [0.5, 0.6) is 0 Å². The molecule has 2 amide bonds. The van der Waals surface area contributed by atoms with E-state index in [2.05, 4.69) is 5.32 Å². The molecular weight excluding hydrogens is 368 g/mol. The van der Waals surface area contributed by atoms with Gasteiger partial charge in [0.25, 0.3) is 5.91 Å². The largest absolute Gasteiger partial charge is 0.481 e. The molecule has 7 heteroatoms. The minimum Gasteiger partial charge on any atom is -0.481 e. The van der Waals surface area contributed by atoms with Gasteiger partial charge in [-0.25, -0.2) is 0 Å². The lowest BCUT2D eigenvalue weighted by Crippen LogP contribution is -2.48. The lowest BCUT2D eigenvalue weighted by molar-refractivity contribution is -0.137. The number of rotatable bonds is 6. The number of carboxylic acids is 1. The predicted molar refractivity (Wildman–Crippen MR) is 102 cm³/mol. The zero-order valence-electron chi connectivity index (χ0n) is 15.2. The maximum absolute atomic E-state index is 13.0. The Bertz CT molecular complexity index is 730. The van der Waals surface area contributed by atoms with Gasteiger partial charge in [-0.15, -0.1) is 0 Å². The fourth-order valence-electron chi connectivity index (χ4n) is 4.27. The van der Waals surface area contributed by atoms with Crippen molar-refractivity contribution in [3.8, 4) is 0 Å². The van der Waals surface area contributed by atoms with Gasteiger partial charge in [0.15, 0.2) is 0 Å². The molecule has 6 nitrogen and oxygen atoms in total. The topological polar surface area (TPSA) is 86.7 Å². The standard InChI is InChI=1S/C20H25ClN2O4/c21-15-5-3-4-14(12-15)18(26)22-16(6-7-17(24)25)19(27)23-11-10-20(13-23)8-1-2-9-20/h3-5,12,16H,1-2,6-11,13H2,(H,22,26)(H,24,25)/t16-/m0/s1. The van der Waals surface area contributed by atoms with Crippen LogP contribution >= 0.6 is 11.6 Å². The number of nitrogens with one attached hydrogen (secondary N) is 1. The van der Waals surface area contributed by atoms with Crippen LogP contribution in [-0.2, 0) is 9.59 Å². The van der Waals surface area contributed by atoms with Crippen LogP contribution in [0.3, 0.4) is 0 Å². The van der Waals surface area contributed by atoms with Gasteiger partial charge in [-0.1, -0.05) is 30.5 Å². The minimum absolute atomic E-state index is 0.0734. The van der Waals surface area contributed by atoms with Crippen molar-refractivity contribution < 1.29 is 19.5 Å². The molecule has 1 aliphatic carbocycles.